The van der Waals surface area contributed by atoms with Crippen LogP contribution >= 0.6 is 0 Å². The van der Waals surface area contributed by atoms with Gasteiger partial charge in [-0.05, 0) is 24.1 Å². The molecule has 0 spiro atoms. The summed E-state index contributed by atoms with van der Waals surface area (Å²) in [4.78, 5) is 11.9. The Hall–Kier alpha value is -1.75. The van der Waals surface area contributed by atoms with E-state index in [0.717, 1.165) is 23.5 Å². The van der Waals surface area contributed by atoms with Crippen LogP contribution in [-0.2, 0) is 16.1 Å². The van der Waals surface area contributed by atoms with Gasteiger partial charge in [-0.3, -0.25) is 10.1 Å². The standard InChI is InChI=1S/C16H25NO4/c1-6-11(2)15(16(18)21-5)17-10-12-9-13(19-3)7-8-14(12)20-4/h7-9,11,15,17H,6,10H2,1-5H3. The zero-order valence-corrected chi connectivity index (χ0v) is 13.4. The molecular formula is C16H25NO4. The number of nitrogens with one attached hydrogen (secondary N) is 1. The Kier molecular flexibility index (Phi) is 7.02. The third-order valence-electron chi connectivity index (χ3n) is 3.67. The summed E-state index contributed by atoms with van der Waals surface area (Å²) in [6.45, 7) is 4.58. The molecule has 2 unspecified atom stereocenters. The molecule has 0 bridgehead atoms. The summed E-state index contributed by atoms with van der Waals surface area (Å²) in [5.41, 5.74) is 0.939. The SMILES string of the molecule is CCC(C)C(NCc1cc(OC)ccc1OC)C(=O)OC. The van der Waals surface area contributed by atoms with Gasteiger partial charge in [0.15, 0.2) is 0 Å². The van der Waals surface area contributed by atoms with E-state index in [1.807, 2.05) is 25.1 Å². The van der Waals surface area contributed by atoms with Crippen LogP contribution in [0.5, 0.6) is 11.5 Å². The number of hydrogen-bond donors (Lipinski definition) is 1. The first-order valence-corrected chi connectivity index (χ1v) is 7.09. The van der Waals surface area contributed by atoms with Crippen LogP contribution in [0.25, 0.3) is 0 Å². The Morgan fingerprint density at radius 1 is 1.24 bits per heavy atom. The van der Waals surface area contributed by atoms with Crippen molar-refractivity contribution >= 4 is 5.97 Å². The van der Waals surface area contributed by atoms with Crippen molar-refractivity contribution in [2.45, 2.75) is 32.9 Å². The lowest BCUT2D eigenvalue weighted by Crippen LogP contribution is -2.42. The largest absolute Gasteiger partial charge is 0.497 e. The van der Waals surface area contributed by atoms with E-state index in [-0.39, 0.29) is 17.9 Å². The van der Waals surface area contributed by atoms with Crippen molar-refractivity contribution < 1.29 is 19.0 Å². The molecule has 5 heteroatoms. The predicted octanol–water partition coefficient (Wildman–Crippen LogP) is 2.38. The first kappa shape index (κ1) is 17.3. The number of carbonyl (C=O) groups excluding carboxylic acids is 1. The number of hydrogen-bond acceptors (Lipinski definition) is 5. The first-order chi connectivity index (χ1) is 10.1. The van der Waals surface area contributed by atoms with E-state index >= 15 is 0 Å². The molecule has 0 aliphatic heterocycles. The van der Waals surface area contributed by atoms with E-state index in [1.165, 1.54) is 7.11 Å². The molecule has 1 aromatic carbocycles. The summed E-state index contributed by atoms with van der Waals surface area (Å²) in [5, 5.41) is 3.25. The summed E-state index contributed by atoms with van der Waals surface area (Å²) < 4.78 is 15.4. The highest BCUT2D eigenvalue weighted by Crippen LogP contribution is 2.24. The Morgan fingerprint density at radius 3 is 2.48 bits per heavy atom. The van der Waals surface area contributed by atoms with Crippen molar-refractivity contribution in [3.8, 4) is 11.5 Å². The second kappa shape index (κ2) is 8.52. The third-order valence-corrected chi connectivity index (χ3v) is 3.67. The van der Waals surface area contributed by atoms with Crippen LogP contribution in [0.4, 0.5) is 0 Å². The van der Waals surface area contributed by atoms with Crippen LogP contribution in [0.15, 0.2) is 18.2 Å². The second-order valence-electron chi connectivity index (χ2n) is 4.95. The molecule has 0 fully saturated rings. The van der Waals surface area contributed by atoms with Gasteiger partial charge in [-0.15, -0.1) is 0 Å². The number of ether oxygens (including phenoxy) is 3. The molecule has 1 rings (SSSR count). The van der Waals surface area contributed by atoms with Gasteiger partial charge in [-0.25, -0.2) is 0 Å². The molecule has 0 heterocycles. The van der Waals surface area contributed by atoms with E-state index in [4.69, 9.17) is 14.2 Å². The van der Waals surface area contributed by atoms with Crippen molar-refractivity contribution in [2.24, 2.45) is 5.92 Å². The maximum Gasteiger partial charge on any atom is 0.323 e. The van der Waals surface area contributed by atoms with Gasteiger partial charge in [0.1, 0.15) is 17.5 Å². The number of rotatable bonds is 8. The smallest absolute Gasteiger partial charge is 0.323 e. The van der Waals surface area contributed by atoms with Crippen LogP contribution in [0, 0.1) is 5.92 Å². The van der Waals surface area contributed by atoms with Gasteiger partial charge in [-0.1, -0.05) is 20.3 Å². The summed E-state index contributed by atoms with van der Waals surface area (Å²) in [6.07, 6.45) is 0.891. The molecule has 0 saturated carbocycles. The highest BCUT2D eigenvalue weighted by atomic mass is 16.5. The van der Waals surface area contributed by atoms with Crippen LogP contribution < -0.4 is 14.8 Å². The maximum atomic E-state index is 11.9. The zero-order valence-electron chi connectivity index (χ0n) is 13.4. The monoisotopic (exact) mass is 295 g/mol. The molecule has 0 aliphatic rings. The van der Waals surface area contributed by atoms with E-state index in [1.54, 1.807) is 14.2 Å². The van der Waals surface area contributed by atoms with Gasteiger partial charge in [0.05, 0.1) is 21.3 Å². The first-order valence-electron chi connectivity index (χ1n) is 7.09. The lowest BCUT2D eigenvalue weighted by atomic mass is 9.99. The molecule has 2 atom stereocenters. The summed E-state index contributed by atoms with van der Waals surface area (Å²) in [7, 11) is 4.65. The van der Waals surface area contributed by atoms with Gasteiger partial charge < -0.3 is 14.2 Å². The van der Waals surface area contributed by atoms with Crippen molar-refractivity contribution in [3.63, 3.8) is 0 Å². The second-order valence-corrected chi connectivity index (χ2v) is 4.95. The van der Waals surface area contributed by atoms with Gasteiger partial charge in [-0.2, -0.15) is 0 Å². The third kappa shape index (κ3) is 4.63. The number of esters is 1. The average molecular weight is 295 g/mol. The number of carbonyl (C=O) groups is 1. The van der Waals surface area contributed by atoms with Gasteiger partial charge >= 0.3 is 5.97 Å². The lowest BCUT2D eigenvalue weighted by molar-refractivity contribution is -0.144. The highest BCUT2D eigenvalue weighted by Gasteiger charge is 2.24. The Bertz CT molecular complexity index is 462. The van der Waals surface area contributed by atoms with Crippen molar-refractivity contribution in [3.05, 3.63) is 23.8 Å². The summed E-state index contributed by atoms with van der Waals surface area (Å²) in [6, 6.07) is 5.26. The molecule has 0 radical (unpaired) electrons. The molecule has 1 N–H and O–H groups in total. The van der Waals surface area contributed by atoms with Crippen molar-refractivity contribution in [1.29, 1.82) is 0 Å². The summed E-state index contributed by atoms with van der Waals surface area (Å²) >= 11 is 0. The van der Waals surface area contributed by atoms with Crippen LogP contribution in [0.3, 0.4) is 0 Å². The fourth-order valence-electron chi connectivity index (χ4n) is 2.12. The number of benzene rings is 1. The van der Waals surface area contributed by atoms with Crippen molar-refractivity contribution in [1.82, 2.24) is 5.32 Å². The normalized spacial score (nSPS) is 13.4. The Morgan fingerprint density at radius 2 is 1.95 bits per heavy atom. The van der Waals surface area contributed by atoms with Crippen LogP contribution in [0.2, 0.25) is 0 Å². The molecule has 0 amide bonds. The predicted molar refractivity (Wildman–Crippen MR) is 81.6 cm³/mol. The molecule has 118 valence electrons. The molecule has 5 nitrogen and oxygen atoms in total. The average Bonchev–Trinajstić information content (AvgIpc) is 2.53. The van der Waals surface area contributed by atoms with E-state index in [0.29, 0.717) is 6.54 Å². The lowest BCUT2D eigenvalue weighted by Gasteiger charge is -2.22. The Balaban J connectivity index is 2.86. The minimum Gasteiger partial charge on any atom is -0.497 e. The topological polar surface area (TPSA) is 56.8 Å². The van der Waals surface area contributed by atoms with Gasteiger partial charge in [0, 0.05) is 12.1 Å². The van der Waals surface area contributed by atoms with Crippen molar-refractivity contribution in [2.75, 3.05) is 21.3 Å². The fourth-order valence-corrected chi connectivity index (χ4v) is 2.12. The maximum absolute atomic E-state index is 11.9. The molecular weight excluding hydrogens is 270 g/mol. The minimum absolute atomic E-state index is 0.189. The van der Waals surface area contributed by atoms with Gasteiger partial charge in [0.25, 0.3) is 0 Å². The highest BCUT2D eigenvalue weighted by molar-refractivity contribution is 5.76. The fraction of sp³-hybridized carbons (Fsp3) is 0.562. The molecule has 1 aromatic rings. The Labute approximate surface area is 126 Å². The number of methoxy groups -OCH3 is 3. The molecule has 0 aliphatic carbocycles. The molecule has 0 saturated heterocycles. The van der Waals surface area contributed by atoms with Crippen LogP contribution in [-0.4, -0.2) is 33.3 Å². The summed E-state index contributed by atoms with van der Waals surface area (Å²) in [5.74, 6) is 1.46. The van der Waals surface area contributed by atoms with Gasteiger partial charge in [0.2, 0.25) is 0 Å². The van der Waals surface area contributed by atoms with Crippen LogP contribution in [0.1, 0.15) is 25.8 Å². The van der Waals surface area contributed by atoms with E-state index in [2.05, 4.69) is 12.2 Å². The molecule has 21 heavy (non-hydrogen) atoms. The minimum atomic E-state index is -0.337. The van der Waals surface area contributed by atoms with E-state index < -0.39 is 0 Å². The quantitative estimate of drug-likeness (QED) is 0.746. The zero-order chi connectivity index (χ0) is 15.8. The molecule has 0 aromatic heterocycles. The van der Waals surface area contributed by atoms with E-state index in [9.17, 15) is 4.79 Å².